The van der Waals surface area contributed by atoms with Crippen molar-refractivity contribution in [1.82, 2.24) is 15.0 Å². The van der Waals surface area contributed by atoms with E-state index in [-0.39, 0.29) is 0 Å². The van der Waals surface area contributed by atoms with Crippen LogP contribution in [0.2, 0.25) is 0 Å². The molecule has 1 aliphatic rings. The summed E-state index contributed by atoms with van der Waals surface area (Å²) >= 11 is 1.99. The molecule has 0 bridgehead atoms. The Bertz CT molecular complexity index is 445. The highest BCUT2D eigenvalue weighted by Gasteiger charge is 2.28. The fourth-order valence-corrected chi connectivity index (χ4v) is 3.20. The zero-order chi connectivity index (χ0) is 14.5. The zero-order valence-corrected chi connectivity index (χ0v) is 13.4. The van der Waals surface area contributed by atoms with Crippen LogP contribution >= 0.6 is 11.8 Å². The van der Waals surface area contributed by atoms with Gasteiger partial charge in [0.1, 0.15) is 0 Å². The van der Waals surface area contributed by atoms with Crippen LogP contribution < -0.4 is 15.0 Å². The summed E-state index contributed by atoms with van der Waals surface area (Å²) in [6.07, 6.45) is 1.02. The van der Waals surface area contributed by atoms with Gasteiger partial charge in [0.15, 0.2) is 0 Å². The molecule has 0 saturated carbocycles. The van der Waals surface area contributed by atoms with E-state index in [0.717, 1.165) is 25.3 Å². The van der Waals surface area contributed by atoms with Gasteiger partial charge in [-0.2, -0.15) is 26.7 Å². The van der Waals surface area contributed by atoms with Crippen LogP contribution in [0.25, 0.3) is 0 Å². The molecule has 20 heavy (non-hydrogen) atoms. The molecule has 1 aromatic heterocycles. The number of anilines is 2. The van der Waals surface area contributed by atoms with E-state index in [4.69, 9.17) is 4.74 Å². The first-order chi connectivity index (χ1) is 9.65. The maximum atomic E-state index is 5.19. The maximum Gasteiger partial charge on any atom is 0.322 e. The predicted molar refractivity (Wildman–Crippen MR) is 83.9 cm³/mol. The van der Waals surface area contributed by atoms with Crippen molar-refractivity contribution in [2.75, 3.05) is 36.2 Å². The summed E-state index contributed by atoms with van der Waals surface area (Å²) in [5.74, 6) is 2.39. The molecule has 0 radical (unpaired) electrons. The molecule has 1 saturated heterocycles. The van der Waals surface area contributed by atoms with Crippen molar-refractivity contribution in [2.24, 2.45) is 0 Å². The molecule has 2 unspecified atom stereocenters. The monoisotopic (exact) mass is 297 g/mol. The summed E-state index contributed by atoms with van der Waals surface area (Å²) in [6.45, 7) is 8.37. The smallest absolute Gasteiger partial charge is 0.322 e. The predicted octanol–water partition coefficient (Wildman–Crippen LogP) is 2.03. The fourth-order valence-electron chi connectivity index (χ4n) is 2.10. The molecule has 0 amide bonds. The van der Waals surface area contributed by atoms with Crippen LogP contribution in [0.3, 0.4) is 0 Å². The van der Waals surface area contributed by atoms with Crippen LogP contribution in [-0.2, 0) is 0 Å². The largest absolute Gasteiger partial charge is 0.467 e. The van der Waals surface area contributed by atoms with Gasteiger partial charge >= 0.3 is 6.01 Å². The third-order valence-corrected chi connectivity index (χ3v) is 4.80. The van der Waals surface area contributed by atoms with Crippen LogP contribution in [0.1, 0.15) is 27.2 Å². The number of aromatic nitrogens is 3. The van der Waals surface area contributed by atoms with Gasteiger partial charge in [0.2, 0.25) is 11.9 Å². The second kappa shape index (κ2) is 6.97. The first-order valence-corrected chi connectivity index (χ1v) is 8.12. The molecule has 1 N–H and O–H groups in total. The Morgan fingerprint density at radius 1 is 1.35 bits per heavy atom. The zero-order valence-electron chi connectivity index (χ0n) is 12.6. The Labute approximate surface area is 124 Å². The van der Waals surface area contributed by atoms with E-state index in [1.54, 1.807) is 7.11 Å². The second-order valence-corrected chi connectivity index (χ2v) is 6.37. The van der Waals surface area contributed by atoms with Crippen molar-refractivity contribution in [2.45, 2.75) is 38.5 Å². The number of rotatable bonds is 5. The lowest BCUT2D eigenvalue weighted by molar-refractivity contribution is 0.378. The van der Waals surface area contributed by atoms with Crippen LogP contribution in [0.4, 0.5) is 11.9 Å². The normalized spacial score (nSPS) is 22.7. The maximum absolute atomic E-state index is 5.19. The first kappa shape index (κ1) is 15.2. The number of nitrogens with one attached hydrogen (secondary N) is 1. The van der Waals surface area contributed by atoms with E-state index in [2.05, 4.69) is 45.9 Å². The highest BCUT2D eigenvalue weighted by Crippen LogP contribution is 2.28. The van der Waals surface area contributed by atoms with Gasteiger partial charge in [-0.1, -0.05) is 13.8 Å². The first-order valence-electron chi connectivity index (χ1n) is 7.08. The molecule has 0 aliphatic carbocycles. The Balaban J connectivity index is 2.24. The van der Waals surface area contributed by atoms with Crippen LogP contribution in [-0.4, -0.2) is 52.2 Å². The molecule has 0 aromatic carbocycles. The Kier molecular flexibility index (Phi) is 5.28. The summed E-state index contributed by atoms with van der Waals surface area (Å²) < 4.78 is 5.19. The Morgan fingerprint density at radius 2 is 2.15 bits per heavy atom. The van der Waals surface area contributed by atoms with Crippen molar-refractivity contribution in [3.63, 3.8) is 0 Å². The lowest BCUT2D eigenvalue weighted by Crippen LogP contribution is -2.45. The number of thioether (sulfide) groups is 1. The van der Waals surface area contributed by atoms with Crippen molar-refractivity contribution in [3.05, 3.63) is 0 Å². The third kappa shape index (κ3) is 3.45. The topological polar surface area (TPSA) is 63.2 Å². The third-order valence-electron chi connectivity index (χ3n) is 3.46. The van der Waals surface area contributed by atoms with E-state index in [0.29, 0.717) is 29.2 Å². The molecule has 1 aliphatic heterocycles. The van der Waals surface area contributed by atoms with Gasteiger partial charge in [-0.25, -0.2) is 0 Å². The SMILES string of the molecule is CCCNc1nc(OC)nc(N2CCSC(C)C2C)n1. The van der Waals surface area contributed by atoms with E-state index < -0.39 is 0 Å². The van der Waals surface area contributed by atoms with Gasteiger partial charge in [0.25, 0.3) is 0 Å². The minimum atomic E-state index is 0.367. The lowest BCUT2D eigenvalue weighted by atomic mass is 10.2. The molecule has 0 spiro atoms. The van der Waals surface area contributed by atoms with Crippen LogP contribution in [0.5, 0.6) is 6.01 Å². The van der Waals surface area contributed by atoms with Crippen molar-refractivity contribution in [1.29, 1.82) is 0 Å². The van der Waals surface area contributed by atoms with Gasteiger partial charge in [-0.3, -0.25) is 0 Å². The summed E-state index contributed by atoms with van der Waals surface area (Å²) in [5.41, 5.74) is 0. The lowest BCUT2D eigenvalue weighted by Gasteiger charge is -2.37. The average Bonchev–Trinajstić information content (AvgIpc) is 2.47. The number of nitrogens with zero attached hydrogens (tertiary/aromatic N) is 4. The Hall–Kier alpha value is -1.24. The van der Waals surface area contributed by atoms with E-state index >= 15 is 0 Å². The van der Waals surface area contributed by atoms with Gasteiger partial charge in [0.05, 0.1) is 7.11 Å². The molecule has 2 rings (SSSR count). The highest BCUT2D eigenvalue weighted by molar-refractivity contribution is 8.00. The molecule has 6 nitrogen and oxygen atoms in total. The quantitative estimate of drug-likeness (QED) is 0.892. The number of hydrogen-bond acceptors (Lipinski definition) is 7. The van der Waals surface area contributed by atoms with Gasteiger partial charge in [-0.15, -0.1) is 0 Å². The Morgan fingerprint density at radius 3 is 2.85 bits per heavy atom. The molecule has 2 atom stereocenters. The molecule has 1 aromatic rings. The van der Waals surface area contributed by atoms with E-state index in [1.165, 1.54) is 0 Å². The summed E-state index contributed by atoms with van der Waals surface area (Å²) in [6, 6.07) is 0.770. The number of hydrogen-bond donors (Lipinski definition) is 1. The van der Waals surface area contributed by atoms with Crippen molar-refractivity contribution >= 4 is 23.7 Å². The van der Waals surface area contributed by atoms with Crippen LogP contribution in [0, 0.1) is 0 Å². The molecule has 2 heterocycles. The minimum Gasteiger partial charge on any atom is -0.467 e. The summed E-state index contributed by atoms with van der Waals surface area (Å²) in [7, 11) is 1.58. The minimum absolute atomic E-state index is 0.367. The van der Waals surface area contributed by atoms with Crippen molar-refractivity contribution < 1.29 is 4.74 Å². The van der Waals surface area contributed by atoms with Crippen molar-refractivity contribution in [3.8, 4) is 6.01 Å². The summed E-state index contributed by atoms with van der Waals surface area (Å²) in [5, 5.41) is 3.77. The van der Waals surface area contributed by atoms with Gasteiger partial charge in [-0.05, 0) is 13.3 Å². The molecule has 112 valence electrons. The fraction of sp³-hybridized carbons (Fsp3) is 0.769. The van der Waals surface area contributed by atoms with Crippen LogP contribution in [0.15, 0.2) is 0 Å². The number of ether oxygens (including phenoxy) is 1. The number of methoxy groups -OCH3 is 1. The highest BCUT2D eigenvalue weighted by atomic mass is 32.2. The standard InChI is InChI=1S/C13H23N5OS/c1-5-6-14-11-15-12(17-13(16-11)19-4)18-7-8-20-10(3)9(18)2/h9-10H,5-8H2,1-4H3,(H,14,15,16,17). The van der Waals surface area contributed by atoms with E-state index in [9.17, 15) is 0 Å². The molecular weight excluding hydrogens is 274 g/mol. The van der Waals surface area contributed by atoms with Gasteiger partial charge < -0.3 is 15.0 Å². The second-order valence-electron chi connectivity index (χ2n) is 4.88. The van der Waals surface area contributed by atoms with E-state index in [1.807, 2.05) is 11.8 Å². The molecular formula is C13H23N5OS. The average molecular weight is 297 g/mol. The molecule has 7 heteroatoms. The van der Waals surface area contributed by atoms with Gasteiger partial charge in [0, 0.05) is 30.1 Å². The summed E-state index contributed by atoms with van der Waals surface area (Å²) in [4.78, 5) is 15.4. The molecule has 1 fully saturated rings.